The molecule has 0 fully saturated rings. The molecule has 5 nitrogen and oxygen atoms in total. The van der Waals surface area contributed by atoms with Gasteiger partial charge in [0.15, 0.2) is 11.6 Å². The number of carbonyl (C=O) groups is 1. The Kier molecular flexibility index (Phi) is 10.9. The summed E-state index contributed by atoms with van der Waals surface area (Å²) in [5, 5.41) is 8.12. The number of amides is 1. The Morgan fingerprint density at radius 3 is 2.53 bits per heavy atom. The van der Waals surface area contributed by atoms with Crippen molar-refractivity contribution in [1.82, 2.24) is 15.1 Å². The highest BCUT2D eigenvalue weighted by atomic mass is 79.9. The van der Waals surface area contributed by atoms with Crippen molar-refractivity contribution in [3.63, 3.8) is 0 Å². The summed E-state index contributed by atoms with van der Waals surface area (Å²) in [6, 6.07) is 6.81. The summed E-state index contributed by atoms with van der Waals surface area (Å²) in [5.74, 6) is -0.439. The van der Waals surface area contributed by atoms with E-state index in [-0.39, 0.29) is 18.2 Å². The lowest BCUT2D eigenvalue weighted by Crippen LogP contribution is -2.25. The molecule has 1 aromatic carbocycles. The largest absolute Gasteiger partial charge is 0.491 e. The summed E-state index contributed by atoms with van der Waals surface area (Å²) >= 11 is 3.45. The first-order valence-corrected chi connectivity index (χ1v) is 12.0. The molecule has 1 amide bonds. The number of rotatable bonds is 14. The van der Waals surface area contributed by atoms with E-state index in [0.717, 1.165) is 30.3 Å². The molecule has 0 saturated heterocycles. The Balaban J connectivity index is 1.76. The number of benzene rings is 1. The number of aryl methyl sites for hydroxylation is 2. The molecule has 1 aromatic heterocycles. The average molecular weight is 482 g/mol. The van der Waals surface area contributed by atoms with E-state index in [4.69, 9.17) is 4.74 Å². The smallest absolute Gasteiger partial charge is 0.269 e. The topological polar surface area (TPSA) is 56.1 Å². The predicted molar refractivity (Wildman–Crippen MR) is 122 cm³/mol. The summed E-state index contributed by atoms with van der Waals surface area (Å²) in [7, 11) is 1.73. The number of ether oxygens (including phenoxy) is 1. The molecular weight excluding hydrogens is 449 g/mol. The zero-order valence-corrected chi connectivity index (χ0v) is 19.6. The van der Waals surface area contributed by atoms with E-state index in [1.54, 1.807) is 36.0 Å². The zero-order chi connectivity index (χ0) is 21.8. The van der Waals surface area contributed by atoms with Crippen molar-refractivity contribution in [2.24, 2.45) is 7.05 Å². The first-order chi connectivity index (χ1) is 14.6. The van der Waals surface area contributed by atoms with Gasteiger partial charge in [0.05, 0.1) is 12.3 Å². The normalized spacial score (nSPS) is 10.9. The van der Waals surface area contributed by atoms with Crippen LogP contribution < -0.4 is 10.1 Å². The maximum Gasteiger partial charge on any atom is 0.269 e. The van der Waals surface area contributed by atoms with Gasteiger partial charge in [0.2, 0.25) is 0 Å². The second-order valence-corrected chi connectivity index (χ2v) is 8.22. The number of nitrogens with one attached hydrogen (secondary N) is 1. The molecule has 1 heterocycles. The molecule has 0 unspecified atom stereocenters. The summed E-state index contributed by atoms with van der Waals surface area (Å²) in [5.41, 5.74) is 1.72. The van der Waals surface area contributed by atoms with Crippen LogP contribution in [0.4, 0.5) is 4.39 Å². The zero-order valence-electron chi connectivity index (χ0n) is 18.1. The van der Waals surface area contributed by atoms with Crippen LogP contribution >= 0.6 is 15.9 Å². The molecule has 0 aliphatic heterocycles. The quantitative estimate of drug-likeness (QED) is 0.284. The van der Waals surface area contributed by atoms with E-state index < -0.39 is 5.82 Å². The van der Waals surface area contributed by atoms with Crippen LogP contribution in [0.3, 0.4) is 0 Å². The van der Waals surface area contributed by atoms with Crippen LogP contribution in [-0.4, -0.2) is 27.6 Å². The third kappa shape index (κ3) is 7.74. The van der Waals surface area contributed by atoms with Gasteiger partial charge in [-0.1, -0.05) is 67.1 Å². The standard InChI is InChI=1S/C23H33BrFN3O2/c1-3-19-16-20(28(2)27-19)23(29)26-17-18-12-11-13-21(22(18)25)30-15-10-8-6-4-5-7-9-14-24/h11-13,16H,3-10,14-15,17H2,1-2H3,(H,26,29). The molecular formula is C23H33BrFN3O2. The second kappa shape index (κ2) is 13.4. The Bertz CT molecular complexity index is 795. The van der Waals surface area contributed by atoms with Gasteiger partial charge in [0, 0.05) is 24.5 Å². The van der Waals surface area contributed by atoms with Crippen molar-refractivity contribution < 1.29 is 13.9 Å². The molecule has 2 aromatic rings. The van der Waals surface area contributed by atoms with Gasteiger partial charge in [-0.15, -0.1) is 0 Å². The molecule has 0 aliphatic carbocycles. The summed E-state index contributed by atoms with van der Waals surface area (Å²) in [6.45, 7) is 2.59. The maximum atomic E-state index is 14.7. The number of hydrogen-bond donors (Lipinski definition) is 1. The minimum absolute atomic E-state index is 0.100. The first-order valence-electron chi connectivity index (χ1n) is 10.8. The predicted octanol–water partition coefficient (Wildman–Crippen LogP) is 5.56. The second-order valence-electron chi connectivity index (χ2n) is 7.42. The molecule has 2 rings (SSSR count). The molecule has 30 heavy (non-hydrogen) atoms. The van der Waals surface area contributed by atoms with Crippen LogP contribution in [0.15, 0.2) is 24.3 Å². The highest BCUT2D eigenvalue weighted by Crippen LogP contribution is 2.21. The Labute approximate surface area is 187 Å². The highest BCUT2D eigenvalue weighted by Gasteiger charge is 2.14. The number of halogens is 2. The van der Waals surface area contributed by atoms with E-state index in [1.165, 1.54) is 32.1 Å². The first kappa shape index (κ1) is 24.4. The third-order valence-electron chi connectivity index (χ3n) is 5.04. The Hall–Kier alpha value is -1.89. The van der Waals surface area contributed by atoms with Crippen LogP contribution in [0, 0.1) is 5.82 Å². The van der Waals surface area contributed by atoms with Crippen LogP contribution in [0.1, 0.15) is 73.6 Å². The van der Waals surface area contributed by atoms with Crippen molar-refractivity contribution in [2.45, 2.75) is 64.8 Å². The monoisotopic (exact) mass is 481 g/mol. The van der Waals surface area contributed by atoms with Gasteiger partial charge in [-0.25, -0.2) is 4.39 Å². The van der Waals surface area contributed by atoms with Crippen LogP contribution in [0.2, 0.25) is 0 Å². The number of carbonyl (C=O) groups excluding carboxylic acids is 1. The van der Waals surface area contributed by atoms with Crippen molar-refractivity contribution in [3.05, 3.63) is 47.0 Å². The lowest BCUT2D eigenvalue weighted by molar-refractivity contribution is 0.0941. The van der Waals surface area contributed by atoms with Crippen molar-refractivity contribution in [2.75, 3.05) is 11.9 Å². The van der Waals surface area contributed by atoms with E-state index >= 15 is 0 Å². The molecule has 0 bridgehead atoms. The lowest BCUT2D eigenvalue weighted by Gasteiger charge is -2.11. The average Bonchev–Trinajstić information content (AvgIpc) is 3.13. The fourth-order valence-electron chi connectivity index (χ4n) is 3.24. The van der Waals surface area contributed by atoms with Crippen molar-refractivity contribution in [1.29, 1.82) is 0 Å². The number of nitrogens with zero attached hydrogens (tertiary/aromatic N) is 2. The van der Waals surface area contributed by atoms with Gasteiger partial charge < -0.3 is 10.1 Å². The molecule has 0 saturated carbocycles. The fraction of sp³-hybridized carbons (Fsp3) is 0.565. The minimum Gasteiger partial charge on any atom is -0.491 e. The van der Waals surface area contributed by atoms with E-state index in [9.17, 15) is 9.18 Å². The molecule has 0 atom stereocenters. The lowest BCUT2D eigenvalue weighted by atomic mass is 10.1. The summed E-state index contributed by atoms with van der Waals surface area (Å²) < 4.78 is 21.9. The molecule has 0 aliphatic rings. The van der Waals surface area contributed by atoms with E-state index in [0.29, 0.717) is 17.9 Å². The molecule has 0 spiro atoms. The van der Waals surface area contributed by atoms with Gasteiger partial charge in [-0.05, 0) is 31.4 Å². The molecule has 1 N–H and O–H groups in total. The Morgan fingerprint density at radius 1 is 1.17 bits per heavy atom. The number of hydrogen-bond acceptors (Lipinski definition) is 3. The van der Waals surface area contributed by atoms with Crippen LogP contribution in [-0.2, 0) is 20.0 Å². The van der Waals surface area contributed by atoms with Crippen LogP contribution in [0.5, 0.6) is 5.75 Å². The molecule has 166 valence electrons. The van der Waals surface area contributed by atoms with Gasteiger partial charge in [-0.2, -0.15) is 5.10 Å². The fourth-order valence-corrected chi connectivity index (χ4v) is 3.64. The third-order valence-corrected chi connectivity index (χ3v) is 5.60. The minimum atomic E-state index is -0.410. The molecule has 0 radical (unpaired) electrons. The Morgan fingerprint density at radius 2 is 1.87 bits per heavy atom. The van der Waals surface area contributed by atoms with Gasteiger partial charge in [-0.3, -0.25) is 9.48 Å². The number of alkyl halides is 1. The van der Waals surface area contributed by atoms with Crippen LogP contribution in [0.25, 0.3) is 0 Å². The van der Waals surface area contributed by atoms with Gasteiger partial charge >= 0.3 is 0 Å². The maximum absolute atomic E-state index is 14.7. The van der Waals surface area contributed by atoms with E-state index in [2.05, 4.69) is 26.3 Å². The van der Waals surface area contributed by atoms with Gasteiger partial charge in [0.25, 0.3) is 5.91 Å². The van der Waals surface area contributed by atoms with E-state index in [1.807, 2.05) is 6.92 Å². The summed E-state index contributed by atoms with van der Waals surface area (Å²) in [4.78, 5) is 12.4. The SMILES string of the molecule is CCc1cc(C(=O)NCc2cccc(OCCCCCCCCCBr)c2F)n(C)n1. The van der Waals surface area contributed by atoms with Crippen molar-refractivity contribution in [3.8, 4) is 5.75 Å². The number of unbranched alkanes of at least 4 members (excludes halogenated alkanes) is 6. The number of aromatic nitrogens is 2. The molecule has 7 heteroatoms. The highest BCUT2D eigenvalue weighted by molar-refractivity contribution is 9.09. The van der Waals surface area contributed by atoms with Gasteiger partial charge in [0.1, 0.15) is 5.69 Å². The summed E-state index contributed by atoms with van der Waals surface area (Å²) in [6.07, 6.45) is 8.98. The van der Waals surface area contributed by atoms with Crippen molar-refractivity contribution >= 4 is 21.8 Å².